The molecule has 18 heavy (non-hydrogen) atoms. The van der Waals surface area contributed by atoms with Crippen molar-refractivity contribution in [2.75, 3.05) is 6.26 Å². The first-order chi connectivity index (χ1) is 8.70. The fourth-order valence-electron chi connectivity index (χ4n) is 1.91. The van der Waals surface area contributed by atoms with Crippen LogP contribution in [0.25, 0.3) is 0 Å². The van der Waals surface area contributed by atoms with E-state index < -0.39 is 0 Å². The van der Waals surface area contributed by atoms with E-state index >= 15 is 0 Å². The number of alkyl halides is 1. The van der Waals surface area contributed by atoms with Gasteiger partial charge in [0, 0.05) is 9.37 Å². The molecule has 94 valence electrons. The Kier molecular flexibility index (Phi) is 5.16. The van der Waals surface area contributed by atoms with E-state index in [4.69, 9.17) is 11.6 Å². The minimum Gasteiger partial charge on any atom is -0.129 e. The molecule has 0 saturated carbocycles. The number of rotatable bonds is 4. The third kappa shape index (κ3) is 3.53. The topological polar surface area (TPSA) is 0 Å². The predicted molar refractivity (Wildman–Crippen MR) is 84.7 cm³/mol. The van der Waals surface area contributed by atoms with E-state index in [9.17, 15) is 0 Å². The number of thioether (sulfide) groups is 1. The quantitative estimate of drug-likeness (QED) is 0.508. The van der Waals surface area contributed by atoms with Crippen LogP contribution in [0.1, 0.15) is 16.5 Å². The van der Waals surface area contributed by atoms with E-state index in [0.717, 1.165) is 10.9 Å². The van der Waals surface area contributed by atoms with Crippen molar-refractivity contribution in [2.45, 2.75) is 16.7 Å². The van der Waals surface area contributed by atoms with Gasteiger partial charge in [-0.1, -0.05) is 46.3 Å². The summed E-state index contributed by atoms with van der Waals surface area (Å²) >= 11 is 11.8. The van der Waals surface area contributed by atoms with Crippen LogP contribution >= 0.6 is 39.3 Å². The SMILES string of the molecule is CSc1ccccc1C(Cl)Cc1cccc(Br)c1. The van der Waals surface area contributed by atoms with Crippen molar-refractivity contribution in [3.05, 3.63) is 64.1 Å². The Morgan fingerprint density at radius 3 is 2.67 bits per heavy atom. The van der Waals surface area contributed by atoms with Crippen LogP contribution < -0.4 is 0 Å². The Morgan fingerprint density at radius 1 is 1.17 bits per heavy atom. The van der Waals surface area contributed by atoms with E-state index in [1.54, 1.807) is 11.8 Å². The number of benzene rings is 2. The van der Waals surface area contributed by atoms with Crippen molar-refractivity contribution in [3.8, 4) is 0 Å². The van der Waals surface area contributed by atoms with E-state index in [-0.39, 0.29) is 5.38 Å². The fourth-order valence-corrected chi connectivity index (χ4v) is 3.45. The van der Waals surface area contributed by atoms with Crippen molar-refractivity contribution < 1.29 is 0 Å². The van der Waals surface area contributed by atoms with Gasteiger partial charge in [0.15, 0.2) is 0 Å². The van der Waals surface area contributed by atoms with Gasteiger partial charge in [0.05, 0.1) is 5.38 Å². The van der Waals surface area contributed by atoms with Crippen LogP contribution in [-0.2, 0) is 6.42 Å². The highest BCUT2D eigenvalue weighted by molar-refractivity contribution is 9.10. The van der Waals surface area contributed by atoms with Gasteiger partial charge >= 0.3 is 0 Å². The average molecular weight is 342 g/mol. The highest BCUT2D eigenvalue weighted by Gasteiger charge is 2.12. The van der Waals surface area contributed by atoms with E-state index in [1.165, 1.54) is 16.0 Å². The van der Waals surface area contributed by atoms with Crippen molar-refractivity contribution in [2.24, 2.45) is 0 Å². The summed E-state index contributed by atoms with van der Waals surface area (Å²) in [6.45, 7) is 0. The molecular weight excluding hydrogens is 328 g/mol. The van der Waals surface area contributed by atoms with E-state index in [2.05, 4.69) is 52.5 Å². The van der Waals surface area contributed by atoms with E-state index in [1.807, 2.05) is 18.2 Å². The molecule has 2 rings (SSSR count). The lowest BCUT2D eigenvalue weighted by atomic mass is 10.0. The molecule has 0 aliphatic carbocycles. The second-order valence-corrected chi connectivity index (χ2v) is 6.33. The molecule has 0 saturated heterocycles. The van der Waals surface area contributed by atoms with Gasteiger partial charge in [-0.3, -0.25) is 0 Å². The van der Waals surface area contributed by atoms with Crippen LogP contribution in [0.2, 0.25) is 0 Å². The summed E-state index contributed by atoms with van der Waals surface area (Å²) in [7, 11) is 0. The normalized spacial score (nSPS) is 12.4. The predicted octanol–water partition coefficient (Wildman–Crippen LogP) is 5.69. The molecule has 0 aliphatic heterocycles. The third-order valence-corrected chi connectivity index (χ3v) is 4.47. The molecule has 0 aliphatic rings. The van der Waals surface area contributed by atoms with E-state index in [0.29, 0.717) is 0 Å². The Bertz CT molecular complexity index is 527. The van der Waals surface area contributed by atoms with Crippen LogP contribution in [-0.4, -0.2) is 6.26 Å². The Labute approximate surface area is 126 Å². The summed E-state index contributed by atoms with van der Waals surface area (Å²) in [4.78, 5) is 1.26. The molecule has 0 aromatic heterocycles. The molecule has 3 heteroatoms. The first kappa shape index (κ1) is 14.0. The van der Waals surface area contributed by atoms with Gasteiger partial charge in [0.25, 0.3) is 0 Å². The number of halogens is 2. The van der Waals surface area contributed by atoms with Crippen LogP contribution in [0.15, 0.2) is 57.9 Å². The molecule has 1 unspecified atom stereocenters. The fraction of sp³-hybridized carbons (Fsp3) is 0.200. The highest BCUT2D eigenvalue weighted by Crippen LogP contribution is 2.32. The van der Waals surface area contributed by atoms with Gasteiger partial charge in [0.2, 0.25) is 0 Å². The minimum atomic E-state index is 0.0166. The van der Waals surface area contributed by atoms with Crippen LogP contribution in [0.5, 0.6) is 0 Å². The van der Waals surface area contributed by atoms with Gasteiger partial charge in [-0.15, -0.1) is 23.4 Å². The maximum atomic E-state index is 6.55. The summed E-state index contributed by atoms with van der Waals surface area (Å²) in [5, 5.41) is 0.0166. The van der Waals surface area contributed by atoms with Gasteiger partial charge in [-0.05, 0) is 42.0 Å². The van der Waals surface area contributed by atoms with Gasteiger partial charge in [0.1, 0.15) is 0 Å². The molecule has 0 spiro atoms. The molecule has 1 atom stereocenters. The largest absolute Gasteiger partial charge is 0.129 e. The second kappa shape index (κ2) is 6.65. The molecule has 0 N–H and O–H groups in total. The molecule has 2 aromatic carbocycles. The average Bonchev–Trinajstić information content (AvgIpc) is 2.38. The summed E-state index contributed by atoms with van der Waals surface area (Å²) in [5.74, 6) is 0. The maximum absolute atomic E-state index is 6.55. The molecule has 0 radical (unpaired) electrons. The number of hydrogen-bond donors (Lipinski definition) is 0. The zero-order valence-corrected chi connectivity index (χ0v) is 13.2. The van der Waals surface area contributed by atoms with Gasteiger partial charge in [-0.2, -0.15) is 0 Å². The van der Waals surface area contributed by atoms with Crippen molar-refractivity contribution in [1.29, 1.82) is 0 Å². The summed E-state index contributed by atoms with van der Waals surface area (Å²) in [6, 6.07) is 16.6. The van der Waals surface area contributed by atoms with Crippen LogP contribution in [0.3, 0.4) is 0 Å². The minimum absolute atomic E-state index is 0.0166. The molecule has 0 fully saturated rings. The Balaban J connectivity index is 2.19. The molecule has 2 aromatic rings. The first-order valence-electron chi connectivity index (χ1n) is 5.72. The first-order valence-corrected chi connectivity index (χ1v) is 8.17. The third-order valence-electron chi connectivity index (χ3n) is 2.78. The summed E-state index contributed by atoms with van der Waals surface area (Å²) in [6.07, 6.45) is 2.93. The Hall–Kier alpha value is -0.440. The van der Waals surface area contributed by atoms with Crippen LogP contribution in [0, 0.1) is 0 Å². The Morgan fingerprint density at radius 2 is 1.94 bits per heavy atom. The zero-order chi connectivity index (χ0) is 13.0. The second-order valence-electron chi connectivity index (χ2n) is 4.04. The highest BCUT2D eigenvalue weighted by atomic mass is 79.9. The monoisotopic (exact) mass is 340 g/mol. The lowest BCUT2D eigenvalue weighted by Gasteiger charge is -2.13. The molecule has 0 amide bonds. The molecule has 0 nitrogen and oxygen atoms in total. The maximum Gasteiger partial charge on any atom is 0.0636 e. The zero-order valence-electron chi connectivity index (χ0n) is 10.1. The van der Waals surface area contributed by atoms with Crippen LogP contribution in [0.4, 0.5) is 0 Å². The van der Waals surface area contributed by atoms with Crippen molar-refractivity contribution in [3.63, 3.8) is 0 Å². The smallest absolute Gasteiger partial charge is 0.0636 e. The summed E-state index contributed by atoms with van der Waals surface area (Å²) < 4.78 is 1.10. The lowest BCUT2D eigenvalue weighted by Crippen LogP contribution is -1.97. The number of hydrogen-bond acceptors (Lipinski definition) is 1. The van der Waals surface area contributed by atoms with Gasteiger partial charge < -0.3 is 0 Å². The standard InChI is InChI=1S/C15H14BrClS/c1-18-15-8-3-2-7-13(15)14(17)10-11-5-4-6-12(16)9-11/h2-9,14H,10H2,1H3. The van der Waals surface area contributed by atoms with Crippen molar-refractivity contribution >= 4 is 39.3 Å². The summed E-state index contributed by atoms with van der Waals surface area (Å²) in [5.41, 5.74) is 2.46. The molecular formula is C15H14BrClS. The van der Waals surface area contributed by atoms with Gasteiger partial charge in [-0.25, -0.2) is 0 Å². The van der Waals surface area contributed by atoms with Crippen molar-refractivity contribution in [1.82, 2.24) is 0 Å². The molecule has 0 heterocycles. The molecule has 0 bridgehead atoms. The lowest BCUT2D eigenvalue weighted by molar-refractivity contribution is 0.896.